The van der Waals surface area contributed by atoms with Crippen LogP contribution in [0.4, 0.5) is 10.1 Å². The van der Waals surface area contributed by atoms with Crippen molar-refractivity contribution in [3.8, 4) is 0 Å². The van der Waals surface area contributed by atoms with E-state index in [4.69, 9.17) is 5.11 Å². The fourth-order valence-electron chi connectivity index (χ4n) is 1.27. The molecule has 1 aromatic heterocycles. The molecule has 9 heteroatoms. The Bertz CT molecular complexity index is 678. The van der Waals surface area contributed by atoms with E-state index in [1.807, 2.05) is 0 Å². The number of rotatable bonds is 4. The number of nitrogens with zero attached hydrogens (tertiary/aromatic N) is 3. The van der Waals surface area contributed by atoms with Crippen LogP contribution in [0.3, 0.4) is 0 Å². The summed E-state index contributed by atoms with van der Waals surface area (Å²) in [5, 5.41) is 19.3. The molecule has 0 spiro atoms. The van der Waals surface area contributed by atoms with Crippen molar-refractivity contribution in [1.29, 1.82) is 0 Å². The van der Waals surface area contributed by atoms with Crippen LogP contribution in [0, 0.1) is 15.9 Å². The lowest BCUT2D eigenvalue weighted by Gasteiger charge is -2.03. The molecule has 20 heavy (non-hydrogen) atoms. The van der Waals surface area contributed by atoms with Crippen molar-refractivity contribution in [2.45, 2.75) is 10.1 Å². The molecule has 0 aliphatic rings. The second-order valence-electron chi connectivity index (χ2n) is 3.53. The largest absolute Gasteiger partial charge is 0.478 e. The van der Waals surface area contributed by atoms with E-state index in [1.165, 1.54) is 0 Å². The molecule has 7 nitrogen and oxygen atoms in total. The van der Waals surface area contributed by atoms with Gasteiger partial charge in [0, 0.05) is 0 Å². The van der Waals surface area contributed by atoms with Crippen molar-refractivity contribution in [1.82, 2.24) is 9.97 Å². The number of carboxylic acids is 1. The van der Waals surface area contributed by atoms with E-state index in [0.29, 0.717) is 0 Å². The van der Waals surface area contributed by atoms with Crippen molar-refractivity contribution in [2.75, 3.05) is 0 Å². The lowest BCUT2D eigenvalue weighted by molar-refractivity contribution is -0.385. The second-order valence-corrected chi connectivity index (χ2v) is 4.54. The predicted octanol–water partition coefficient (Wildman–Crippen LogP) is 2.37. The molecule has 0 fully saturated rings. The Morgan fingerprint density at radius 3 is 2.55 bits per heavy atom. The quantitative estimate of drug-likeness (QED) is 0.524. The maximum Gasteiger partial charge on any atom is 0.335 e. The van der Waals surface area contributed by atoms with Crippen molar-refractivity contribution in [3.63, 3.8) is 0 Å². The Balaban J connectivity index is 2.27. The SMILES string of the molecule is O=C(O)c1ccc(F)c(Sc2ncc([N+](=O)[O-])cn2)c1. The van der Waals surface area contributed by atoms with Crippen LogP contribution in [-0.2, 0) is 0 Å². The van der Waals surface area contributed by atoms with E-state index in [1.54, 1.807) is 0 Å². The van der Waals surface area contributed by atoms with Gasteiger partial charge in [0.2, 0.25) is 0 Å². The summed E-state index contributed by atoms with van der Waals surface area (Å²) in [5.41, 5.74) is -0.357. The third-order valence-corrected chi connectivity index (χ3v) is 3.13. The highest BCUT2D eigenvalue weighted by Gasteiger charge is 2.12. The van der Waals surface area contributed by atoms with Gasteiger partial charge >= 0.3 is 11.7 Å². The molecule has 0 amide bonds. The maximum atomic E-state index is 13.5. The Morgan fingerprint density at radius 2 is 2.00 bits per heavy atom. The van der Waals surface area contributed by atoms with Gasteiger partial charge in [-0.1, -0.05) is 0 Å². The minimum Gasteiger partial charge on any atom is -0.478 e. The van der Waals surface area contributed by atoms with E-state index in [9.17, 15) is 19.3 Å². The smallest absolute Gasteiger partial charge is 0.335 e. The average molecular weight is 295 g/mol. The first-order chi connectivity index (χ1) is 9.47. The molecule has 102 valence electrons. The molecular formula is C11H6FN3O4S. The number of hydrogen-bond acceptors (Lipinski definition) is 6. The van der Waals surface area contributed by atoms with Crippen LogP contribution in [0.1, 0.15) is 10.4 Å². The third-order valence-electron chi connectivity index (χ3n) is 2.20. The van der Waals surface area contributed by atoms with Gasteiger partial charge in [0.05, 0.1) is 15.4 Å². The van der Waals surface area contributed by atoms with E-state index in [0.717, 1.165) is 42.4 Å². The minimum absolute atomic E-state index is 0.0266. The van der Waals surface area contributed by atoms with Gasteiger partial charge in [0.1, 0.15) is 18.2 Å². The third kappa shape index (κ3) is 3.06. The molecular weight excluding hydrogens is 289 g/mol. The molecule has 0 atom stereocenters. The van der Waals surface area contributed by atoms with Crippen LogP contribution in [-0.4, -0.2) is 26.0 Å². The molecule has 0 aliphatic carbocycles. The van der Waals surface area contributed by atoms with Gasteiger partial charge < -0.3 is 5.11 Å². The summed E-state index contributed by atoms with van der Waals surface area (Å²) < 4.78 is 13.5. The van der Waals surface area contributed by atoms with Gasteiger partial charge in [-0.2, -0.15) is 0 Å². The highest BCUT2D eigenvalue weighted by atomic mass is 32.2. The summed E-state index contributed by atoms with van der Waals surface area (Å²) in [7, 11) is 0. The van der Waals surface area contributed by atoms with Gasteiger partial charge in [-0.15, -0.1) is 0 Å². The normalized spacial score (nSPS) is 10.2. The number of aromatic carboxylic acids is 1. The van der Waals surface area contributed by atoms with Crippen molar-refractivity contribution >= 4 is 23.4 Å². The number of aromatic nitrogens is 2. The summed E-state index contributed by atoms with van der Waals surface area (Å²) in [5.74, 6) is -1.81. The summed E-state index contributed by atoms with van der Waals surface area (Å²) in [6.45, 7) is 0. The summed E-state index contributed by atoms with van der Waals surface area (Å²) in [6, 6.07) is 3.31. The minimum atomic E-state index is -1.18. The molecule has 2 rings (SSSR count). The number of benzene rings is 1. The molecule has 0 saturated carbocycles. The molecule has 0 unspecified atom stereocenters. The standard InChI is InChI=1S/C11H6FN3O4S/c12-8-2-1-6(10(16)17)3-9(8)20-11-13-4-7(5-14-11)15(18)19/h1-5H,(H,16,17). The molecule has 0 bridgehead atoms. The van der Waals surface area contributed by atoms with Gasteiger partial charge in [-0.25, -0.2) is 19.2 Å². The maximum absolute atomic E-state index is 13.5. The first-order valence-corrected chi connectivity index (χ1v) is 5.96. The Kier molecular flexibility index (Phi) is 3.89. The first-order valence-electron chi connectivity index (χ1n) is 5.14. The average Bonchev–Trinajstić information content (AvgIpc) is 2.41. The number of hydrogen-bond donors (Lipinski definition) is 1. The van der Waals surface area contributed by atoms with Crippen LogP contribution in [0.25, 0.3) is 0 Å². The number of nitro groups is 1. The fraction of sp³-hybridized carbons (Fsp3) is 0. The topological polar surface area (TPSA) is 106 Å². The van der Waals surface area contributed by atoms with Crippen LogP contribution in [0.2, 0.25) is 0 Å². The van der Waals surface area contributed by atoms with Gasteiger partial charge in [0.25, 0.3) is 0 Å². The fourth-order valence-corrected chi connectivity index (χ4v) is 2.03. The van der Waals surface area contributed by atoms with Crippen molar-refractivity contribution < 1.29 is 19.2 Å². The van der Waals surface area contributed by atoms with Crippen LogP contribution < -0.4 is 0 Å². The Labute approximate surface area is 115 Å². The molecule has 1 N–H and O–H groups in total. The highest BCUT2D eigenvalue weighted by Crippen LogP contribution is 2.28. The van der Waals surface area contributed by atoms with E-state index >= 15 is 0 Å². The molecule has 1 heterocycles. The summed E-state index contributed by atoms with van der Waals surface area (Å²) in [6.07, 6.45) is 1.99. The van der Waals surface area contributed by atoms with Crippen molar-refractivity contribution in [2.24, 2.45) is 0 Å². The summed E-state index contributed by atoms with van der Waals surface area (Å²) in [4.78, 5) is 28.0. The number of carbonyl (C=O) groups is 1. The van der Waals surface area contributed by atoms with Crippen molar-refractivity contribution in [3.05, 3.63) is 52.1 Å². The second kappa shape index (κ2) is 5.61. The zero-order valence-corrected chi connectivity index (χ0v) is 10.5. The first kappa shape index (κ1) is 13.9. The number of carboxylic acid groups (broad SMARTS) is 1. The molecule has 0 radical (unpaired) electrons. The Hall–Kier alpha value is -2.55. The van der Waals surface area contributed by atoms with E-state index in [2.05, 4.69) is 9.97 Å². The Morgan fingerprint density at radius 1 is 1.35 bits per heavy atom. The zero-order chi connectivity index (χ0) is 14.7. The van der Waals surface area contributed by atoms with Crippen LogP contribution in [0.15, 0.2) is 40.6 Å². The monoisotopic (exact) mass is 295 g/mol. The van der Waals surface area contributed by atoms with Gasteiger partial charge in [-0.05, 0) is 30.0 Å². The summed E-state index contributed by atoms with van der Waals surface area (Å²) >= 11 is 0.783. The lowest BCUT2D eigenvalue weighted by atomic mass is 10.2. The predicted molar refractivity (Wildman–Crippen MR) is 66.2 cm³/mol. The molecule has 0 saturated heterocycles. The molecule has 2 aromatic rings. The molecule has 1 aromatic carbocycles. The molecule has 0 aliphatic heterocycles. The van der Waals surface area contributed by atoms with Crippen LogP contribution >= 0.6 is 11.8 Å². The number of halogens is 1. The highest BCUT2D eigenvalue weighted by molar-refractivity contribution is 7.99. The zero-order valence-electron chi connectivity index (χ0n) is 9.69. The van der Waals surface area contributed by atoms with Gasteiger partial charge in [-0.3, -0.25) is 10.1 Å². The van der Waals surface area contributed by atoms with Gasteiger partial charge in [0.15, 0.2) is 5.16 Å². The lowest BCUT2D eigenvalue weighted by Crippen LogP contribution is -1.97. The van der Waals surface area contributed by atoms with Crippen LogP contribution in [0.5, 0.6) is 0 Å². The van der Waals surface area contributed by atoms with E-state index < -0.39 is 16.7 Å². The van der Waals surface area contributed by atoms with E-state index in [-0.39, 0.29) is 21.3 Å².